The van der Waals surface area contributed by atoms with Gasteiger partial charge >= 0.3 is 0 Å². The summed E-state index contributed by atoms with van der Waals surface area (Å²) in [4.78, 5) is 13.8. The fourth-order valence-electron chi connectivity index (χ4n) is 3.21. The van der Waals surface area contributed by atoms with Crippen LogP contribution in [-0.2, 0) is 14.8 Å². The number of morpholine rings is 1. The summed E-state index contributed by atoms with van der Waals surface area (Å²) in [6, 6.07) is 8.52. The van der Waals surface area contributed by atoms with Gasteiger partial charge in [-0.25, -0.2) is 22.7 Å². The van der Waals surface area contributed by atoms with Crippen molar-refractivity contribution in [1.82, 2.24) is 24.6 Å². The molecule has 30 heavy (non-hydrogen) atoms. The lowest BCUT2D eigenvalue weighted by atomic mass is 10.1. The van der Waals surface area contributed by atoms with Gasteiger partial charge in [0.1, 0.15) is 5.52 Å². The van der Waals surface area contributed by atoms with Crippen LogP contribution in [0.5, 0.6) is 0 Å². The number of hydrogen-bond acceptors (Lipinski definition) is 8. The summed E-state index contributed by atoms with van der Waals surface area (Å²) in [6.45, 7) is 2.91. The molecule has 0 aliphatic carbocycles. The standard InChI is InChI=1S/C20H24N6O3S/c1-26(2)30(27,28)16-5-3-14(4-6-16)17-11-18-19(23-8-7-22-18)20(25-17)24-13-15-12-21-9-10-29-15/h3-8,11,15,21H,9-10,12-13H2,1-2H3,(H,24,25)/t15-/m0/s1. The van der Waals surface area contributed by atoms with Gasteiger partial charge in [-0.15, -0.1) is 0 Å². The van der Waals surface area contributed by atoms with Gasteiger partial charge in [-0.05, 0) is 18.2 Å². The highest BCUT2D eigenvalue weighted by atomic mass is 32.2. The van der Waals surface area contributed by atoms with E-state index in [1.807, 2.05) is 6.07 Å². The molecule has 1 fully saturated rings. The van der Waals surface area contributed by atoms with Crippen LogP contribution < -0.4 is 10.6 Å². The topological polar surface area (TPSA) is 109 Å². The number of ether oxygens (including phenoxy) is 1. The number of benzene rings is 1. The van der Waals surface area contributed by atoms with E-state index in [0.29, 0.717) is 35.7 Å². The maximum absolute atomic E-state index is 12.3. The fourth-order valence-corrected chi connectivity index (χ4v) is 4.11. The second kappa shape index (κ2) is 8.60. The van der Waals surface area contributed by atoms with E-state index in [1.165, 1.54) is 18.4 Å². The number of fused-ring (bicyclic) bond motifs is 1. The van der Waals surface area contributed by atoms with Crippen molar-refractivity contribution in [2.45, 2.75) is 11.0 Å². The van der Waals surface area contributed by atoms with Crippen molar-refractivity contribution in [2.75, 3.05) is 45.7 Å². The van der Waals surface area contributed by atoms with Crippen molar-refractivity contribution in [3.63, 3.8) is 0 Å². The Bertz CT molecular complexity index is 1130. The van der Waals surface area contributed by atoms with Crippen LogP contribution in [0.25, 0.3) is 22.3 Å². The summed E-state index contributed by atoms with van der Waals surface area (Å²) >= 11 is 0. The average molecular weight is 429 g/mol. The first kappa shape index (κ1) is 20.6. The van der Waals surface area contributed by atoms with E-state index in [-0.39, 0.29) is 11.0 Å². The molecule has 1 aliphatic rings. The van der Waals surface area contributed by atoms with Gasteiger partial charge in [-0.2, -0.15) is 0 Å². The first-order valence-electron chi connectivity index (χ1n) is 9.66. The molecule has 1 aliphatic heterocycles. The largest absolute Gasteiger partial charge is 0.374 e. The van der Waals surface area contributed by atoms with Gasteiger partial charge in [0, 0.05) is 51.7 Å². The number of anilines is 1. The maximum Gasteiger partial charge on any atom is 0.242 e. The molecule has 0 unspecified atom stereocenters. The van der Waals surface area contributed by atoms with E-state index in [2.05, 4.69) is 20.6 Å². The van der Waals surface area contributed by atoms with E-state index in [0.717, 1.165) is 18.7 Å². The lowest BCUT2D eigenvalue weighted by Gasteiger charge is -2.24. The predicted octanol–water partition coefficient (Wildman–Crippen LogP) is 1.34. The van der Waals surface area contributed by atoms with Crippen molar-refractivity contribution in [3.05, 3.63) is 42.7 Å². The zero-order valence-electron chi connectivity index (χ0n) is 16.9. The minimum atomic E-state index is -3.48. The summed E-state index contributed by atoms with van der Waals surface area (Å²) < 4.78 is 31.6. The predicted molar refractivity (Wildman–Crippen MR) is 115 cm³/mol. The van der Waals surface area contributed by atoms with Gasteiger partial charge in [0.15, 0.2) is 5.82 Å². The summed E-state index contributed by atoms with van der Waals surface area (Å²) in [5.74, 6) is 0.620. The molecule has 158 valence electrons. The number of pyridine rings is 1. The Morgan fingerprint density at radius 1 is 1.20 bits per heavy atom. The molecule has 0 amide bonds. The van der Waals surface area contributed by atoms with E-state index >= 15 is 0 Å². The quantitative estimate of drug-likeness (QED) is 0.605. The van der Waals surface area contributed by atoms with E-state index < -0.39 is 10.0 Å². The smallest absolute Gasteiger partial charge is 0.242 e. The molecule has 1 saturated heterocycles. The van der Waals surface area contributed by atoms with Crippen LogP contribution in [0.2, 0.25) is 0 Å². The van der Waals surface area contributed by atoms with Crippen molar-refractivity contribution in [3.8, 4) is 11.3 Å². The SMILES string of the molecule is CN(C)S(=O)(=O)c1ccc(-c2cc3nccnc3c(NC[C@@H]3CNCCO3)n2)cc1. The third kappa shape index (κ3) is 4.26. The number of nitrogens with zero attached hydrogens (tertiary/aromatic N) is 4. The van der Waals surface area contributed by atoms with Crippen LogP contribution in [0.15, 0.2) is 47.6 Å². The zero-order valence-corrected chi connectivity index (χ0v) is 17.7. The number of hydrogen-bond donors (Lipinski definition) is 2. The van der Waals surface area contributed by atoms with Crippen molar-refractivity contribution in [1.29, 1.82) is 0 Å². The molecule has 0 spiro atoms. The van der Waals surface area contributed by atoms with Gasteiger partial charge in [-0.3, -0.25) is 4.98 Å². The van der Waals surface area contributed by atoms with Crippen LogP contribution in [-0.4, -0.2) is 74.1 Å². The Balaban J connectivity index is 1.66. The molecular weight excluding hydrogens is 404 g/mol. The Morgan fingerprint density at radius 3 is 2.67 bits per heavy atom. The third-order valence-corrected chi connectivity index (χ3v) is 6.72. The van der Waals surface area contributed by atoms with Gasteiger partial charge in [0.25, 0.3) is 0 Å². The molecular formula is C20H24N6O3S. The first-order chi connectivity index (χ1) is 14.4. The second-order valence-corrected chi connectivity index (χ2v) is 9.32. The lowest BCUT2D eigenvalue weighted by Crippen LogP contribution is -2.42. The summed E-state index contributed by atoms with van der Waals surface area (Å²) in [7, 11) is -0.461. The summed E-state index contributed by atoms with van der Waals surface area (Å²) in [5, 5.41) is 6.64. The molecule has 10 heteroatoms. The summed E-state index contributed by atoms with van der Waals surface area (Å²) in [5.41, 5.74) is 2.86. The Hall–Kier alpha value is -2.66. The highest BCUT2D eigenvalue weighted by Crippen LogP contribution is 2.26. The molecule has 1 atom stereocenters. The normalized spacial score (nSPS) is 17.4. The maximum atomic E-state index is 12.3. The first-order valence-corrected chi connectivity index (χ1v) is 11.1. The molecule has 0 bridgehead atoms. The van der Waals surface area contributed by atoms with Crippen LogP contribution in [0.4, 0.5) is 5.82 Å². The Labute approximate surface area is 175 Å². The number of sulfonamides is 1. The molecule has 3 aromatic rings. The fraction of sp³-hybridized carbons (Fsp3) is 0.350. The van der Waals surface area contributed by atoms with Gasteiger partial charge in [0.2, 0.25) is 10.0 Å². The number of rotatable bonds is 6. The van der Waals surface area contributed by atoms with Gasteiger partial charge < -0.3 is 15.4 Å². The lowest BCUT2D eigenvalue weighted by molar-refractivity contribution is 0.0372. The van der Waals surface area contributed by atoms with Crippen LogP contribution >= 0.6 is 0 Å². The molecule has 0 saturated carbocycles. The average Bonchev–Trinajstić information content (AvgIpc) is 2.78. The minimum Gasteiger partial charge on any atom is -0.374 e. The van der Waals surface area contributed by atoms with Gasteiger partial charge in [0.05, 0.1) is 28.8 Å². The highest BCUT2D eigenvalue weighted by Gasteiger charge is 2.18. The van der Waals surface area contributed by atoms with Gasteiger partial charge in [-0.1, -0.05) is 12.1 Å². The number of aromatic nitrogens is 3. The van der Waals surface area contributed by atoms with Crippen molar-refractivity contribution in [2.24, 2.45) is 0 Å². The van der Waals surface area contributed by atoms with Crippen molar-refractivity contribution < 1.29 is 13.2 Å². The molecule has 4 rings (SSSR count). The van der Waals surface area contributed by atoms with Crippen LogP contribution in [0, 0.1) is 0 Å². The number of nitrogens with one attached hydrogen (secondary N) is 2. The zero-order chi connectivity index (χ0) is 21.1. The highest BCUT2D eigenvalue weighted by molar-refractivity contribution is 7.89. The van der Waals surface area contributed by atoms with Crippen molar-refractivity contribution >= 4 is 26.9 Å². The Kier molecular flexibility index (Phi) is 5.91. The molecule has 2 N–H and O–H groups in total. The van der Waals surface area contributed by atoms with Crippen LogP contribution in [0.3, 0.4) is 0 Å². The molecule has 1 aromatic carbocycles. The summed E-state index contributed by atoms with van der Waals surface area (Å²) in [6.07, 6.45) is 3.32. The molecule has 0 radical (unpaired) electrons. The minimum absolute atomic E-state index is 0.0476. The molecule has 3 heterocycles. The Morgan fingerprint density at radius 2 is 1.97 bits per heavy atom. The van der Waals surface area contributed by atoms with E-state index in [4.69, 9.17) is 9.72 Å². The molecule has 9 nitrogen and oxygen atoms in total. The third-order valence-electron chi connectivity index (χ3n) is 4.89. The monoisotopic (exact) mass is 428 g/mol. The van der Waals surface area contributed by atoms with E-state index in [9.17, 15) is 8.42 Å². The van der Waals surface area contributed by atoms with E-state index in [1.54, 1.807) is 36.7 Å². The van der Waals surface area contributed by atoms with Crippen LogP contribution in [0.1, 0.15) is 0 Å². The molecule has 2 aromatic heterocycles. The second-order valence-electron chi connectivity index (χ2n) is 7.17.